The summed E-state index contributed by atoms with van der Waals surface area (Å²) in [5.74, 6) is -0.632. The minimum absolute atomic E-state index is 0.128. The lowest BCUT2D eigenvalue weighted by Crippen LogP contribution is -2.28. The highest BCUT2D eigenvalue weighted by molar-refractivity contribution is 7.89. The van der Waals surface area contributed by atoms with Crippen LogP contribution in [0.2, 0.25) is 0 Å². The third-order valence-corrected chi connectivity index (χ3v) is 5.07. The topological polar surface area (TPSA) is 92.4 Å². The van der Waals surface area contributed by atoms with Gasteiger partial charge in [0.25, 0.3) is 0 Å². The van der Waals surface area contributed by atoms with Crippen molar-refractivity contribution in [2.75, 3.05) is 12.3 Å². The maximum atomic E-state index is 13.4. The summed E-state index contributed by atoms with van der Waals surface area (Å²) >= 11 is 1.41. The van der Waals surface area contributed by atoms with Crippen LogP contribution >= 0.6 is 11.3 Å². The van der Waals surface area contributed by atoms with Crippen molar-refractivity contribution in [1.82, 2.24) is 4.72 Å². The third-order valence-electron chi connectivity index (χ3n) is 2.96. The minimum atomic E-state index is -3.86. The van der Waals surface area contributed by atoms with Crippen molar-refractivity contribution in [2.24, 2.45) is 0 Å². The van der Waals surface area contributed by atoms with Gasteiger partial charge in [0.2, 0.25) is 10.0 Å². The Labute approximate surface area is 126 Å². The van der Waals surface area contributed by atoms with Gasteiger partial charge in [0.1, 0.15) is 5.82 Å². The summed E-state index contributed by atoms with van der Waals surface area (Å²) in [6.07, 6.45) is -0.940. The molecule has 21 heavy (non-hydrogen) atoms. The largest absolute Gasteiger partial charge is 0.396 e. The normalized spacial score (nSPS) is 13.3. The highest BCUT2D eigenvalue weighted by Crippen LogP contribution is 2.21. The monoisotopic (exact) mass is 330 g/mol. The fourth-order valence-corrected chi connectivity index (χ4v) is 3.64. The number of benzene rings is 1. The molecule has 1 unspecified atom stereocenters. The van der Waals surface area contributed by atoms with Crippen LogP contribution in [0.3, 0.4) is 0 Å². The van der Waals surface area contributed by atoms with Crippen LogP contribution in [0.15, 0.2) is 33.9 Å². The summed E-state index contributed by atoms with van der Waals surface area (Å²) in [5.41, 5.74) is 5.99. The molecule has 2 aromatic rings. The number of nitrogens with one attached hydrogen (secondary N) is 1. The molecular formula is C13H15FN2O3S2. The first-order valence-corrected chi connectivity index (χ1v) is 8.49. The quantitative estimate of drug-likeness (QED) is 0.729. The SMILES string of the molecule is Cc1cc(S(=O)(=O)NCC(O)c2ccsc2)cc(N)c1F. The van der Waals surface area contributed by atoms with E-state index in [-0.39, 0.29) is 22.7 Å². The highest BCUT2D eigenvalue weighted by atomic mass is 32.2. The zero-order chi connectivity index (χ0) is 15.6. The van der Waals surface area contributed by atoms with E-state index in [4.69, 9.17) is 5.73 Å². The molecule has 4 N–H and O–H groups in total. The van der Waals surface area contributed by atoms with Crippen LogP contribution in [0.4, 0.5) is 10.1 Å². The smallest absolute Gasteiger partial charge is 0.240 e. The Morgan fingerprint density at radius 2 is 2.19 bits per heavy atom. The van der Waals surface area contributed by atoms with E-state index in [1.165, 1.54) is 24.3 Å². The van der Waals surface area contributed by atoms with E-state index < -0.39 is 21.9 Å². The second-order valence-electron chi connectivity index (χ2n) is 4.57. The molecule has 0 saturated heterocycles. The van der Waals surface area contributed by atoms with Crippen LogP contribution < -0.4 is 10.5 Å². The number of rotatable bonds is 5. The number of nitrogens with two attached hydrogens (primary N) is 1. The summed E-state index contributed by atoms with van der Waals surface area (Å²) in [5, 5.41) is 13.4. The lowest BCUT2D eigenvalue weighted by molar-refractivity contribution is 0.182. The van der Waals surface area contributed by atoms with Crippen molar-refractivity contribution >= 4 is 27.0 Å². The molecule has 0 bridgehead atoms. The fourth-order valence-electron chi connectivity index (χ4n) is 1.77. The second-order valence-corrected chi connectivity index (χ2v) is 7.11. The summed E-state index contributed by atoms with van der Waals surface area (Å²) < 4.78 is 40.0. The Balaban J connectivity index is 2.15. The van der Waals surface area contributed by atoms with Crippen molar-refractivity contribution < 1.29 is 17.9 Å². The summed E-state index contributed by atoms with van der Waals surface area (Å²) in [7, 11) is -3.86. The van der Waals surface area contributed by atoms with Gasteiger partial charge >= 0.3 is 0 Å². The number of thiophene rings is 1. The van der Waals surface area contributed by atoms with Gasteiger partial charge in [0.05, 0.1) is 16.7 Å². The Kier molecular flexibility index (Phi) is 4.62. The molecule has 1 atom stereocenters. The van der Waals surface area contributed by atoms with Crippen LogP contribution in [-0.2, 0) is 10.0 Å². The number of sulfonamides is 1. The first-order valence-electron chi connectivity index (χ1n) is 6.06. The predicted octanol–water partition coefficient (Wildman–Crippen LogP) is 1.79. The number of aryl methyl sites for hydroxylation is 1. The molecule has 5 nitrogen and oxygen atoms in total. The lowest BCUT2D eigenvalue weighted by atomic mass is 10.2. The van der Waals surface area contributed by atoms with Crippen LogP contribution in [0, 0.1) is 12.7 Å². The first-order chi connectivity index (χ1) is 9.81. The van der Waals surface area contributed by atoms with E-state index in [1.54, 1.807) is 16.8 Å². The van der Waals surface area contributed by atoms with E-state index >= 15 is 0 Å². The maximum Gasteiger partial charge on any atom is 0.240 e. The average Bonchev–Trinajstić information content (AvgIpc) is 2.95. The van der Waals surface area contributed by atoms with Gasteiger partial charge in [-0.1, -0.05) is 0 Å². The van der Waals surface area contributed by atoms with Crippen LogP contribution in [0.25, 0.3) is 0 Å². The second kappa shape index (κ2) is 6.10. The summed E-state index contributed by atoms with van der Waals surface area (Å²) in [4.78, 5) is -0.128. The van der Waals surface area contributed by atoms with Crippen molar-refractivity contribution in [3.63, 3.8) is 0 Å². The molecule has 1 aromatic carbocycles. The van der Waals surface area contributed by atoms with Gasteiger partial charge < -0.3 is 10.8 Å². The van der Waals surface area contributed by atoms with Crippen LogP contribution in [-0.4, -0.2) is 20.1 Å². The summed E-state index contributed by atoms with van der Waals surface area (Å²) in [6.45, 7) is 1.26. The van der Waals surface area contributed by atoms with Crippen molar-refractivity contribution in [3.05, 3.63) is 45.9 Å². The number of aliphatic hydroxyl groups excluding tert-OH is 1. The van der Waals surface area contributed by atoms with Gasteiger partial charge in [-0.25, -0.2) is 17.5 Å². The van der Waals surface area contributed by atoms with Gasteiger partial charge in [-0.3, -0.25) is 0 Å². The number of aliphatic hydroxyl groups is 1. The Bertz CT molecular complexity index is 707. The fraction of sp³-hybridized carbons (Fsp3) is 0.231. The third kappa shape index (κ3) is 3.59. The molecule has 0 aliphatic rings. The molecule has 0 fully saturated rings. The summed E-state index contributed by atoms with van der Waals surface area (Å²) in [6, 6.07) is 3.97. The molecule has 0 spiro atoms. The number of hydrogen-bond donors (Lipinski definition) is 3. The van der Waals surface area contributed by atoms with Gasteiger partial charge in [-0.2, -0.15) is 11.3 Å². The first kappa shape index (κ1) is 15.9. The van der Waals surface area contributed by atoms with E-state index in [0.29, 0.717) is 5.56 Å². The average molecular weight is 330 g/mol. The number of hydrogen-bond acceptors (Lipinski definition) is 5. The number of halogens is 1. The minimum Gasteiger partial charge on any atom is -0.396 e. The molecule has 0 saturated carbocycles. The van der Waals surface area contributed by atoms with E-state index in [1.807, 2.05) is 0 Å². The molecule has 0 aliphatic heterocycles. The Morgan fingerprint density at radius 1 is 1.48 bits per heavy atom. The Hall–Kier alpha value is -1.48. The van der Waals surface area contributed by atoms with Crippen LogP contribution in [0.5, 0.6) is 0 Å². The van der Waals surface area contributed by atoms with E-state index in [9.17, 15) is 17.9 Å². The van der Waals surface area contributed by atoms with E-state index in [0.717, 1.165) is 6.07 Å². The lowest BCUT2D eigenvalue weighted by Gasteiger charge is -2.12. The molecule has 1 heterocycles. The zero-order valence-electron chi connectivity index (χ0n) is 11.2. The maximum absolute atomic E-state index is 13.4. The standard InChI is InChI=1S/C13H15FN2O3S2/c1-8-4-10(5-11(15)13(8)14)21(18,19)16-6-12(17)9-2-3-20-7-9/h2-5,7,12,16-17H,6,15H2,1H3. The zero-order valence-corrected chi connectivity index (χ0v) is 12.8. The number of nitrogen functional groups attached to an aromatic ring is 1. The molecular weight excluding hydrogens is 315 g/mol. The highest BCUT2D eigenvalue weighted by Gasteiger charge is 2.19. The van der Waals surface area contributed by atoms with Gasteiger partial charge in [-0.05, 0) is 47.0 Å². The van der Waals surface area contributed by atoms with Gasteiger partial charge in [0.15, 0.2) is 0 Å². The molecule has 0 aliphatic carbocycles. The van der Waals surface area contributed by atoms with Gasteiger partial charge in [0, 0.05) is 6.54 Å². The van der Waals surface area contributed by atoms with Crippen molar-refractivity contribution in [1.29, 1.82) is 0 Å². The molecule has 2 rings (SSSR count). The van der Waals surface area contributed by atoms with Crippen molar-refractivity contribution in [3.8, 4) is 0 Å². The number of anilines is 1. The van der Waals surface area contributed by atoms with Gasteiger partial charge in [-0.15, -0.1) is 0 Å². The van der Waals surface area contributed by atoms with Crippen molar-refractivity contribution in [2.45, 2.75) is 17.9 Å². The molecule has 0 radical (unpaired) electrons. The molecule has 8 heteroatoms. The molecule has 1 aromatic heterocycles. The van der Waals surface area contributed by atoms with E-state index in [2.05, 4.69) is 4.72 Å². The molecule has 114 valence electrons. The Morgan fingerprint density at radius 3 is 2.76 bits per heavy atom. The molecule has 0 amide bonds. The predicted molar refractivity (Wildman–Crippen MR) is 80.0 cm³/mol. The van der Waals surface area contributed by atoms with Crippen LogP contribution in [0.1, 0.15) is 17.2 Å².